The molecule has 3 heteroatoms. The fourth-order valence-electron chi connectivity index (χ4n) is 2.44. The van der Waals surface area contributed by atoms with Crippen LogP contribution < -0.4 is 9.27 Å². The van der Waals surface area contributed by atoms with Gasteiger partial charge < -0.3 is 4.70 Å². The predicted octanol–water partition coefficient (Wildman–Crippen LogP) is 0.185. The van der Waals surface area contributed by atoms with Crippen molar-refractivity contribution >= 4 is 0 Å². The number of halogens is 1. The van der Waals surface area contributed by atoms with Crippen LogP contribution in [0.25, 0.3) is 0 Å². The number of benzene rings is 2. The van der Waals surface area contributed by atoms with Crippen LogP contribution in [0, 0.1) is 6.92 Å². The molecule has 0 fully saturated rings. The van der Waals surface area contributed by atoms with Gasteiger partial charge in [-0.05, 0) is 11.1 Å². The summed E-state index contributed by atoms with van der Waals surface area (Å²) in [5.41, 5.74) is 2.66. The van der Waals surface area contributed by atoms with Crippen LogP contribution in [0.15, 0.2) is 73.1 Å². The van der Waals surface area contributed by atoms with E-state index in [9.17, 15) is 0 Å². The van der Waals surface area contributed by atoms with E-state index in [1.807, 2.05) is 0 Å². The van der Waals surface area contributed by atoms with Gasteiger partial charge in [0, 0.05) is 6.92 Å². The van der Waals surface area contributed by atoms with Crippen LogP contribution in [0.4, 0.5) is 0 Å². The standard InChI is InChI=1S/C18H19N2.FH/c1-16-19(14-17-8-4-2-5-9-17)12-13-20(16)15-18-10-6-3-7-11-18;/h2-13H,14-15H2,1H3;1H/q+1;/p-1. The van der Waals surface area contributed by atoms with Crippen molar-refractivity contribution in [1.29, 1.82) is 0 Å². The van der Waals surface area contributed by atoms with E-state index >= 15 is 0 Å². The number of imidazole rings is 1. The largest absolute Gasteiger partial charge is 1.00 e. The van der Waals surface area contributed by atoms with Crippen molar-refractivity contribution in [1.82, 2.24) is 4.57 Å². The Kier molecular flexibility index (Phi) is 4.88. The van der Waals surface area contributed by atoms with Crippen LogP contribution in [0.2, 0.25) is 0 Å². The molecule has 0 saturated carbocycles. The van der Waals surface area contributed by atoms with E-state index in [1.54, 1.807) is 0 Å². The summed E-state index contributed by atoms with van der Waals surface area (Å²) in [6.45, 7) is 4.02. The van der Waals surface area contributed by atoms with Crippen molar-refractivity contribution in [2.24, 2.45) is 0 Å². The SMILES string of the molecule is Cc1n(Cc2ccccc2)cc[n+]1Cc1ccccc1.[F-]. The molecule has 0 radical (unpaired) electrons. The maximum Gasteiger partial charge on any atom is 0.253 e. The molecule has 3 aromatic rings. The molecule has 0 aliphatic carbocycles. The quantitative estimate of drug-likeness (QED) is 0.604. The minimum atomic E-state index is 0. The van der Waals surface area contributed by atoms with Gasteiger partial charge in [-0.15, -0.1) is 0 Å². The first-order chi connectivity index (χ1) is 9.83. The molecule has 0 bridgehead atoms. The summed E-state index contributed by atoms with van der Waals surface area (Å²) in [6, 6.07) is 21.1. The van der Waals surface area contributed by atoms with Crippen LogP contribution in [0.1, 0.15) is 17.0 Å². The average Bonchev–Trinajstić information content (AvgIpc) is 2.83. The van der Waals surface area contributed by atoms with E-state index in [-0.39, 0.29) is 4.70 Å². The summed E-state index contributed by atoms with van der Waals surface area (Å²) in [7, 11) is 0. The van der Waals surface area contributed by atoms with Crippen molar-refractivity contribution in [2.75, 3.05) is 0 Å². The van der Waals surface area contributed by atoms with Gasteiger partial charge in [0.2, 0.25) is 0 Å². The van der Waals surface area contributed by atoms with Crippen molar-refractivity contribution in [3.63, 3.8) is 0 Å². The molecule has 108 valence electrons. The molecule has 0 unspecified atom stereocenters. The molecule has 0 saturated heterocycles. The Bertz CT molecular complexity index is 616. The summed E-state index contributed by atoms with van der Waals surface area (Å²) in [6.07, 6.45) is 4.32. The van der Waals surface area contributed by atoms with Gasteiger partial charge in [-0.2, -0.15) is 0 Å². The fourth-order valence-corrected chi connectivity index (χ4v) is 2.44. The van der Waals surface area contributed by atoms with Crippen LogP contribution in [-0.4, -0.2) is 4.57 Å². The summed E-state index contributed by atoms with van der Waals surface area (Å²) >= 11 is 0. The van der Waals surface area contributed by atoms with Gasteiger partial charge in [-0.1, -0.05) is 60.7 Å². The molecule has 1 heterocycles. The van der Waals surface area contributed by atoms with Gasteiger partial charge in [0.05, 0.1) is 0 Å². The molecule has 1 aromatic heterocycles. The lowest BCUT2D eigenvalue weighted by atomic mass is 10.2. The number of hydrogen-bond donors (Lipinski definition) is 0. The Labute approximate surface area is 124 Å². The van der Waals surface area contributed by atoms with E-state index in [1.165, 1.54) is 17.0 Å². The zero-order chi connectivity index (χ0) is 13.8. The van der Waals surface area contributed by atoms with E-state index in [4.69, 9.17) is 0 Å². The third-order valence-corrected chi connectivity index (χ3v) is 3.65. The van der Waals surface area contributed by atoms with Gasteiger partial charge >= 0.3 is 0 Å². The average molecular weight is 282 g/mol. The first kappa shape index (κ1) is 15.0. The lowest BCUT2D eigenvalue weighted by Crippen LogP contribution is -3.00. The van der Waals surface area contributed by atoms with Crippen molar-refractivity contribution in [3.05, 3.63) is 90.0 Å². The Morgan fingerprint density at radius 2 is 1.43 bits per heavy atom. The zero-order valence-electron chi connectivity index (χ0n) is 12.1. The van der Waals surface area contributed by atoms with Crippen molar-refractivity contribution in [3.8, 4) is 0 Å². The van der Waals surface area contributed by atoms with Crippen molar-refractivity contribution in [2.45, 2.75) is 20.0 Å². The minimum Gasteiger partial charge on any atom is -1.00 e. The third kappa shape index (κ3) is 3.57. The highest BCUT2D eigenvalue weighted by atomic mass is 19.0. The second-order valence-electron chi connectivity index (χ2n) is 5.07. The number of rotatable bonds is 4. The van der Waals surface area contributed by atoms with Gasteiger partial charge in [0.1, 0.15) is 25.5 Å². The monoisotopic (exact) mass is 282 g/mol. The highest BCUT2D eigenvalue weighted by Crippen LogP contribution is 2.05. The summed E-state index contributed by atoms with van der Waals surface area (Å²) < 4.78 is 4.58. The molecular weight excluding hydrogens is 263 g/mol. The number of nitrogens with zero attached hydrogens (tertiary/aromatic N) is 2. The molecule has 0 amide bonds. The van der Waals surface area contributed by atoms with E-state index in [0.29, 0.717) is 0 Å². The number of hydrogen-bond acceptors (Lipinski definition) is 0. The Hall–Kier alpha value is -2.42. The molecule has 21 heavy (non-hydrogen) atoms. The first-order valence-electron chi connectivity index (χ1n) is 6.96. The highest BCUT2D eigenvalue weighted by molar-refractivity contribution is 5.15. The highest BCUT2D eigenvalue weighted by Gasteiger charge is 2.12. The molecule has 3 rings (SSSR count). The maximum atomic E-state index is 2.29. The molecular formula is C18H19FN2. The fraction of sp³-hybridized carbons (Fsp3) is 0.167. The normalized spacial score (nSPS) is 10.1. The Morgan fingerprint density at radius 3 is 2.05 bits per heavy atom. The second kappa shape index (κ2) is 6.84. The van der Waals surface area contributed by atoms with Crippen LogP contribution >= 0.6 is 0 Å². The van der Waals surface area contributed by atoms with Crippen LogP contribution in [0.5, 0.6) is 0 Å². The first-order valence-corrected chi connectivity index (χ1v) is 6.96. The molecule has 0 aliphatic rings. The summed E-state index contributed by atoms with van der Waals surface area (Å²) in [5.74, 6) is 1.28. The summed E-state index contributed by atoms with van der Waals surface area (Å²) in [5, 5.41) is 0. The van der Waals surface area contributed by atoms with Crippen LogP contribution in [-0.2, 0) is 13.1 Å². The van der Waals surface area contributed by atoms with Crippen LogP contribution in [0.3, 0.4) is 0 Å². The predicted molar refractivity (Wildman–Crippen MR) is 80.5 cm³/mol. The molecule has 2 nitrogen and oxygen atoms in total. The maximum absolute atomic E-state index is 2.29. The molecule has 2 aromatic carbocycles. The van der Waals surface area contributed by atoms with Gasteiger partial charge in [0.15, 0.2) is 0 Å². The second-order valence-corrected chi connectivity index (χ2v) is 5.07. The van der Waals surface area contributed by atoms with E-state index < -0.39 is 0 Å². The minimum absolute atomic E-state index is 0. The van der Waals surface area contributed by atoms with Crippen molar-refractivity contribution < 1.29 is 9.27 Å². The van der Waals surface area contributed by atoms with Gasteiger partial charge in [-0.3, -0.25) is 0 Å². The number of aromatic nitrogens is 2. The van der Waals surface area contributed by atoms with Gasteiger partial charge in [-0.25, -0.2) is 9.13 Å². The molecule has 0 atom stereocenters. The lowest BCUT2D eigenvalue weighted by Gasteiger charge is -2.02. The third-order valence-electron chi connectivity index (χ3n) is 3.65. The Morgan fingerprint density at radius 1 is 0.857 bits per heavy atom. The zero-order valence-corrected chi connectivity index (χ0v) is 12.1. The smallest absolute Gasteiger partial charge is 0.253 e. The molecule has 0 spiro atoms. The van der Waals surface area contributed by atoms with E-state index in [0.717, 1.165) is 13.1 Å². The van der Waals surface area contributed by atoms with Gasteiger partial charge in [0.25, 0.3) is 5.82 Å². The van der Waals surface area contributed by atoms with E-state index in [2.05, 4.69) is 89.1 Å². The topological polar surface area (TPSA) is 8.81 Å². The molecule has 0 aliphatic heterocycles. The lowest BCUT2D eigenvalue weighted by molar-refractivity contribution is -0.693. The Balaban J connectivity index is 0.00000161. The molecule has 0 N–H and O–H groups in total. The summed E-state index contributed by atoms with van der Waals surface area (Å²) in [4.78, 5) is 0.